The Morgan fingerprint density at radius 3 is 2.50 bits per heavy atom. The van der Waals surface area contributed by atoms with Crippen LogP contribution in [0.2, 0.25) is 0 Å². The summed E-state index contributed by atoms with van der Waals surface area (Å²) in [7, 11) is 0. The number of hydrogen-bond donors (Lipinski definition) is 1. The van der Waals surface area contributed by atoms with E-state index in [4.69, 9.17) is 4.74 Å². The maximum Gasteiger partial charge on any atom is 0.0651 e. The summed E-state index contributed by atoms with van der Waals surface area (Å²) in [5.74, 6) is 0.299. The van der Waals surface area contributed by atoms with Crippen LogP contribution in [0.1, 0.15) is 27.2 Å². The van der Waals surface area contributed by atoms with Crippen molar-refractivity contribution in [3.05, 3.63) is 0 Å². The molecule has 0 saturated carbocycles. The summed E-state index contributed by atoms with van der Waals surface area (Å²) in [5.41, 5.74) is -0.119. The number of aliphatic hydroxyl groups excluding tert-OH is 1. The Labute approximate surface area is 62.2 Å². The summed E-state index contributed by atoms with van der Waals surface area (Å²) in [4.78, 5) is 0. The summed E-state index contributed by atoms with van der Waals surface area (Å²) < 4.78 is 5.49. The second-order valence-electron chi connectivity index (χ2n) is 3.82. The molecule has 0 radical (unpaired) electrons. The van der Waals surface area contributed by atoms with Crippen molar-refractivity contribution in [1.82, 2.24) is 0 Å². The normalized spacial score (nSPS) is 39.6. The van der Waals surface area contributed by atoms with Crippen LogP contribution in [0, 0.1) is 5.92 Å². The minimum Gasteiger partial charge on any atom is -0.393 e. The molecule has 0 spiro atoms. The molecule has 0 aliphatic carbocycles. The zero-order chi connectivity index (χ0) is 7.78. The molecule has 1 aliphatic rings. The maximum atomic E-state index is 9.43. The minimum atomic E-state index is -0.177. The standard InChI is InChI=1S/C8H16O2/c1-6-5-10-8(2,3)4-7(6)9/h6-7,9H,4-5H2,1-3H3/t6-,7-/m1/s1. The summed E-state index contributed by atoms with van der Waals surface area (Å²) in [6.07, 6.45) is 0.581. The molecule has 1 heterocycles. The first-order chi connectivity index (χ1) is 4.51. The van der Waals surface area contributed by atoms with Crippen molar-refractivity contribution in [3.8, 4) is 0 Å². The van der Waals surface area contributed by atoms with Crippen LogP contribution in [0.3, 0.4) is 0 Å². The molecule has 60 valence electrons. The summed E-state index contributed by atoms with van der Waals surface area (Å²) in [6.45, 7) is 6.73. The van der Waals surface area contributed by atoms with Gasteiger partial charge in [-0.25, -0.2) is 0 Å². The molecule has 0 amide bonds. The topological polar surface area (TPSA) is 29.5 Å². The van der Waals surface area contributed by atoms with Crippen molar-refractivity contribution >= 4 is 0 Å². The molecule has 2 nitrogen and oxygen atoms in total. The van der Waals surface area contributed by atoms with Crippen LogP contribution in [0.25, 0.3) is 0 Å². The van der Waals surface area contributed by atoms with Gasteiger partial charge < -0.3 is 9.84 Å². The molecular weight excluding hydrogens is 128 g/mol. The van der Waals surface area contributed by atoms with Gasteiger partial charge in [0.15, 0.2) is 0 Å². The maximum absolute atomic E-state index is 9.43. The van der Waals surface area contributed by atoms with Crippen molar-refractivity contribution in [2.75, 3.05) is 6.61 Å². The average molecular weight is 144 g/mol. The molecule has 0 aromatic rings. The van der Waals surface area contributed by atoms with Crippen LogP contribution in [0.15, 0.2) is 0 Å². The molecule has 0 bridgehead atoms. The first-order valence-corrected chi connectivity index (χ1v) is 3.83. The Hall–Kier alpha value is -0.0800. The van der Waals surface area contributed by atoms with Crippen LogP contribution < -0.4 is 0 Å². The van der Waals surface area contributed by atoms with Gasteiger partial charge in [-0.1, -0.05) is 6.92 Å². The lowest BCUT2D eigenvalue weighted by molar-refractivity contribution is -0.124. The lowest BCUT2D eigenvalue weighted by Crippen LogP contribution is -2.41. The molecule has 1 rings (SSSR count). The van der Waals surface area contributed by atoms with Crippen molar-refractivity contribution in [2.45, 2.75) is 38.9 Å². The Kier molecular flexibility index (Phi) is 2.02. The van der Waals surface area contributed by atoms with Gasteiger partial charge in [-0.15, -0.1) is 0 Å². The van der Waals surface area contributed by atoms with Crippen LogP contribution in [-0.4, -0.2) is 23.4 Å². The van der Waals surface area contributed by atoms with Crippen molar-refractivity contribution in [2.24, 2.45) is 5.92 Å². The van der Waals surface area contributed by atoms with Gasteiger partial charge in [0.25, 0.3) is 0 Å². The lowest BCUT2D eigenvalue weighted by atomic mass is 9.90. The van der Waals surface area contributed by atoms with E-state index in [1.165, 1.54) is 0 Å². The third-order valence-corrected chi connectivity index (χ3v) is 2.09. The second-order valence-corrected chi connectivity index (χ2v) is 3.82. The van der Waals surface area contributed by atoms with E-state index in [-0.39, 0.29) is 11.7 Å². The summed E-state index contributed by atoms with van der Waals surface area (Å²) >= 11 is 0. The SMILES string of the molecule is C[C@@H]1COC(C)(C)C[C@H]1O. The van der Waals surface area contributed by atoms with Gasteiger partial charge in [-0.05, 0) is 13.8 Å². The fourth-order valence-corrected chi connectivity index (χ4v) is 1.23. The number of rotatable bonds is 0. The summed E-state index contributed by atoms with van der Waals surface area (Å²) in [5, 5.41) is 9.43. The van der Waals surface area contributed by atoms with Crippen molar-refractivity contribution in [1.29, 1.82) is 0 Å². The third-order valence-electron chi connectivity index (χ3n) is 2.09. The lowest BCUT2D eigenvalue weighted by Gasteiger charge is -2.36. The van der Waals surface area contributed by atoms with Gasteiger partial charge in [0.05, 0.1) is 18.3 Å². The van der Waals surface area contributed by atoms with Crippen LogP contribution in [0.5, 0.6) is 0 Å². The molecule has 10 heavy (non-hydrogen) atoms. The number of ether oxygens (including phenoxy) is 1. The zero-order valence-corrected chi connectivity index (χ0v) is 6.92. The van der Waals surface area contributed by atoms with E-state index in [2.05, 4.69) is 0 Å². The van der Waals surface area contributed by atoms with Crippen molar-refractivity contribution in [3.63, 3.8) is 0 Å². The molecule has 2 heteroatoms. The predicted octanol–water partition coefficient (Wildman–Crippen LogP) is 1.18. The Balaban J connectivity index is 2.49. The average Bonchev–Trinajstić information content (AvgIpc) is 1.79. The van der Waals surface area contributed by atoms with Crippen LogP contribution >= 0.6 is 0 Å². The van der Waals surface area contributed by atoms with Crippen LogP contribution in [0.4, 0.5) is 0 Å². The second kappa shape index (κ2) is 2.51. The fraction of sp³-hybridized carbons (Fsp3) is 1.00. The summed E-state index contributed by atoms with van der Waals surface area (Å²) in [6, 6.07) is 0. The van der Waals surface area contributed by atoms with Gasteiger partial charge >= 0.3 is 0 Å². The molecule has 0 aromatic carbocycles. The highest BCUT2D eigenvalue weighted by Gasteiger charge is 2.31. The molecule has 0 aromatic heterocycles. The van der Waals surface area contributed by atoms with E-state index >= 15 is 0 Å². The quantitative estimate of drug-likeness (QED) is 0.553. The number of hydrogen-bond acceptors (Lipinski definition) is 2. The zero-order valence-electron chi connectivity index (χ0n) is 6.92. The van der Waals surface area contributed by atoms with Gasteiger partial charge in [-0.2, -0.15) is 0 Å². The van der Waals surface area contributed by atoms with E-state index in [1.807, 2.05) is 20.8 Å². The van der Waals surface area contributed by atoms with Gasteiger partial charge in [0, 0.05) is 12.3 Å². The third kappa shape index (κ3) is 1.70. The molecular formula is C8H16O2. The first-order valence-electron chi connectivity index (χ1n) is 3.83. The molecule has 2 atom stereocenters. The van der Waals surface area contributed by atoms with Crippen LogP contribution in [-0.2, 0) is 4.74 Å². The smallest absolute Gasteiger partial charge is 0.0651 e. The Bertz CT molecular complexity index is 120. The fourth-order valence-electron chi connectivity index (χ4n) is 1.23. The van der Waals surface area contributed by atoms with E-state index in [9.17, 15) is 5.11 Å². The Morgan fingerprint density at radius 2 is 2.10 bits per heavy atom. The van der Waals surface area contributed by atoms with Gasteiger partial charge in [0.2, 0.25) is 0 Å². The van der Waals surface area contributed by atoms with E-state index in [1.54, 1.807) is 0 Å². The molecule has 1 saturated heterocycles. The highest BCUT2D eigenvalue weighted by Crippen LogP contribution is 2.26. The predicted molar refractivity (Wildman–Crippen MR) is 39.8 cm³/mol. The van der Waals surface area contributed by atoms with Gasteiger partial charge in [0.1, 0.15) is 0 Å². The van der Waals surface area contributed by atoms with Crippen molar-refractivity contribution < 1.29 is 9.84 Å². The molecule has 1 N–H and O–H groups in total. The highest BCUT2D eigenvalue weighted by atomic mass is 16.5. The van der Waals surface area contributed by atoms with E-state index < -0.39 is 0 Å². The minimum absolute atomic E-state index is 0.119. The molecule has 0 unspecified atom stereocenters. The number of aliphatic hydroxyl groups is 1. The molecule has 1 fully saturated rings. The highest BCUT2D eigenvalue weighted by molar-refractivity contribution is 4.81. The molecule has 1 aliphatic heterocycles. The van der Waals surface area contributed by atoms with Gasteiger partial charge in [-0.3, -0.25) is 0 Å². The van der Waals surface area contributed by atoms with E-state index in [0.717, 1.165) is 6.42 Å². The first kappa shape index (κ1) is 8.02. The largest absolute Gasteiger partial charge is 0.393 e. The van der Waals surface area contributed by atoms with E-state index in [0.29, 0.717) is 12.5 Å². The monoisotopic (exact) mass is 144 g/mol. The Morgan fingerprint density at radius 1 is 1.50 bits per heavy atom.